The highest BCUT2D eigenvalue weighted by atomic mass is 32.2. The summed E-state index contributed by atoms with van der Waals surface area (Å²) in [7, 11) is -0.403. The van der Waals surface area contributed by atoms with E-state index >= 15 is 0 Å². The van der Waals surface area contributed by atoms with Gasteiger partial charge in [0.05, 0.1) is 6.54 Å². The Kier molecular flexibility index (Phi) is 5.33. The molecule has 1 aliphatic rings. The average Bonchev–Trinajstić information content (AvgIpc) is 3.15. The molecule has 0 unspecified atom stereocenters. The highest BCUT2D eigenvalue weighted by molar-refractivity contribution is 7.89. The Morgan fingerprint density at radius 3 is 2.50 bits per heavy atom. The fourth-order valence-corrected chi connectivity index (χ4v) is 3.69. The molecule has 0 spiro atoms. The summed E-state index contributed by atoms with van der Waals surface area (Å²) in [6, 6.07) is 5.22. The quantitative estimate of drug-likeness (QED) is 0.804. The molecular formula is C16H21FN6O2S. The van der Waals surface area contributed by atoms with Crippen LogP contribution in [0, 0.1) is 5.82 Å². The second-order valence-electron chi connectivity index (χ2n) is 6.20. The van der Waals surface area contributed by atoms with Gasteiger partial charge in [-0.05, 0) is 25.0 Å². The van der Waals surface area contributed by atoms with Crippen LogP contribution in [0.1, 0.15) is 18.7 Å². The fraction of sp³-hybridized carbons (Fsp3) is 0.438. The molecule has 0 aliphatic carbocycles. The number of aromatic nitrogens is 3. The number of anilines is 2. The monoisotopic (exact) mass is 380 g/mol. The molecule has 2 heterocycles. The third kappa shape index (κ3) is 4.07. The standard InChI is InChI=1S/C16H21FN6O2S/c1-22(2)15-19-14(20-16(21-15)23-9-5-6-10-23)11-18-26(24,25)13-8-4-3-7-12(13)17/h3-4,7-8,18H,5-6,9-11H2,1-2H3. The van der Waals surface area contributed by atoms with E-state index in [1.54, 1.807) is 19.0 Å². The van der Waals surface area contributed by atoms with Crippen molar-refractivity contribution in [2.45, 2.75) is 24.3 Å². The Labute approximate surface area is 152 Å². The smallest absolute Gasteiger partial charge is 0.243 e. The molecule has 0 saturated carbocycles. The lowest BCUT2D eigenvalue weighted by Gasteiger charge is -2.19. The molecule has 1 saturated heterocycles. The fourth-order valence-electron chi connectivity index (χ4n) is 2.63. The van der Waals surface area contributed by atoms with E-state index in [0.717, 1.165) is 32.0 Å². The van der Waals surface area contributed by atoms with E-state index in [2.05, 4.69) is 19.7 Å². The zero-order valence-electron chi connectivity index (χ0n) is 14.7. The van der Waals surface area contributed by atoms with Crippen molar-refractivity contribution in [2.24, 2.45) is 0 Å². The maximum Gasteiger partial charge on any atom is 0.243 e. The first-order valence-electron chi connectivity index (χ1n) is 8.28. The Hall–Kier alpha value is -2.33. The predicted octanol–water partition coefficient (Wildman–Crippen LogP) is 1.16. The summed E-state index contributed by atoms with van der Waals surface area (Å²) in [6.45, 7) is 1.56. The van der Waals surface area contributed by atoms with E-state index in [9.17, 15) is 12.8 Å². The van der Waals surface area contributed by atoms with Crippen LogP contribution < -0.4 is 14.5 Å². The Bertz CT molecular complexity index is 884. The molecule has 10 heteroatoms. The maximum absolute atomic E-state index is 13.8. The van der Waals surface area contributed by atoms with Gasteiger partial charge in [0.25, 0.3) is 0 Å². The van der Waals surface area contributed by atoms with Gasteiger partial charge in [0.15, 0.2) is 5.82 Å². The van der Waals surface area contributed by atoms with E-state index in [1.807, 2.05) is 4.90 Å². The molecule has 2 aromatic rings. The molecule has 0 atom stereocenters. The number of benzene rings is 1. The average molecular weight is 380 g/mol. The van der Waals surface area contributed by atoms with Crippen LogP contribution in [0.15, 0.2) is 29.2 Å². The van der Waals surface area contributed by atoms with Crippen LogP contribution in [0.3, 0.4) is 0 Å². The van der Waals surface area contributed by atoms with E-state index in [-0.39, 0.29) is 12.4 Å². The van der Waals surface area contributed by atoms with E-state index in [4.69, 9.17) is 0 Å². The lowest BCUT2D eigenvalue weighted by atomic mass is 10.4. The molecule has 0 radical (unpaired) electrons. The number of nitrogens with one attached hydrogen (secondary N) is 1. The van der Waals surface area contributed by atoms with Gasteiger partial charge in [0.1, 0.15) is 10.7 Å². The van der Waals surface area contributed by atoms with Gasteiger partial charge in [-0.25, -0.2) is 17.5 Å². The number of rotatable bonds is 6. The van der Waals surface area contributed by atoms with Gasteiger partial charge in [0.2, 0.25) is 21.9 Å². The predicted molar refractivity (Wildman–Crippen MR) is 96.0 cm³/mol. The van der Waals surface area contributed by atoms with Gasteiger partial charge in [0, 0.05) is 27.2 Å². The third-order valence-electron chi connectivity index (χ3n) is 3.99. The molecule has 26 heavy (non-hydrogen) atoms. The normalized spacial score (nSPS) is 14.7. The molecule has 1 N–H and O–H groups in total. The molecule has 3 rings (SSSR count). The van der Waals surface area contributed by atoms with E-state index in [0.29, 0.717) is 11.9 Å². The zero-order valence-corrected chi connectivity index (χ0v) is 15.5. The largest absolute Gasteiger partial charge is 0.347 e. The number of sulfonamides is 1. The lowest BCUT2D eigenvalue weighted by Crippen LogP contribution is -2.28. The maximum atomic E-state index is 13.8. The molecule has 1 fully saturated rings. The number of nitrogens with zero attached hydrogens (tertiary/aromatic N) is 5. The van der Waals surface area contributed by atoms with Crippen LogP contribution in [-0.2, 0) is 16.6 Å². The van der Waals surface area contributed by atoms with Crippen molar-refractivity contribution in [3.05, 3.63) is 35.9 Å². The molecule has 0 bridgehead atoms. The highest BCUT2D eigenvalue weighted by Crippen LogP contribution is 2.18. The highest BCUT2D eigenvalue weighted by Gasteiger charge is 2.21. The van der Waals surface area contributed by atoms with Gasteiger partial charge >= 0.3 is 0 Å². The number of hydrogen-bond acceptors (Lipinski definition) is 7. The van der Waals surface area contributed by atoms with Gasteiger partial charge < -0.3 is 9.80 Å². The molecule has 1 aromatic heterocycles. The van der Waals surface area contributed by atoms with Gasteiger partial charge in [-0.15, -0.1) is 0 Å². The zero-order chi connectivity index (χ0) is 18.7. The van der Waals surface area contributed by atoms with Crippen LogP contribution in [0.25, 0.3) is 0 Å². The Balaban J connectivity index is 1.84. The first-order valence-corrected chi connectivity index (χ1v) is 9.76. The number of halogens is 1. The van der Waals surface area contributed by atoms with Crippen molar-refractivity contribution < 1.29 is 12.8 Å². The molecule has 140 valence electrons. The topological polar surface area (TPSA) is 91.3 Å². The second-order valence-corrected chi connectivity index (χ2v) is 7.93. The van der Waals surface area contributed by atoms with Gasteiger partial charge in [-0.3, -0.25) is 0 Å². The van der Waals surface area contributed by atoms with Crippen molar-refractivity contribution in [3.8, 4) is 0 Å². The lowest BCUT2D eigenvalue weighted by molar-refractivity contribution is 0.555. The van der Waals surface area contributed by atoms with Crippen molar-refractivity contribution in [1.29, 1.82) is 0 Å². The van der Waals surface area contributed by atoms with Gasteiger partial charge in [-0.1, -0.05) is 12.1 Å². The van der Waals surface area contributed by atoms with E-state index in [1.165, 1.54) is 18.2 Å². The second kappa shape index (κ2) is 7.50. The third-order valence-corrected chi connectivity index (χ3v) is 5.43. The van der Waals surface area contributed by atoms with Crippen LogP contribution in [0.5, 0.6) is 0 Å². The summed E-state index contributed by atoms with van der Waals surface area (Å²) in [5.74, 6) is 0.455. The van der Waals surface area contributed by atoms with Crippen molar-refractivity contribution in [3.63, 3.8) is 0 Å². The summed E-state index contributed by atoms with van der Waals surface area (Å²) in [6.07, 6.45) is 2.14. The SMILES string of the molecule is CN(C)c1nc(CNS(=O)(=O)c2ccccc2F)nc(N2CCCC2)n1. The Morgan fingerprint density at radius 1 is 1.15 bits per heavy atom. The first kappa shape index (κ1) is 18.5. The summed E-state index contributed by atoms with van der Waals surface area (Å²) < 4.78 is 40.8. The molecule has 8 nitrogen and oxygen atoms in total. The van der Waals surface area contributed by atoms with Gasteiger partial charge in [-0.2, -0.15) is 15.0 Å². The van der Waals surface area contributed by atoms with E-state index < -0.39 is 20.7 Å². The summed E-state index contributed by atoms with van der Waals surface area (Å²) in [5.41, 5.74) is 0. The summed E-state index contributed by atoms with van der Waals surface area (Å²) >= 11 is 0. The van der Waals surface area contributed by atoms with Crippen LogP contribution >= 0.6 is 0 Å². The number of hydrogen-bond donors (Lipinski definition) is 1. The molecule has 0 amide bonds. The van der Waals surface area contributed by atoms with Crippen molar-refractivity contribution in [2.75, 3.05) is 37.0 Å². The van der Waals surface area contributed by atoms with Crippen molar-refractivity contribution >= 4 is 21.9 Å². The minimum absolute atomic E-state index is 0.152. The molecule has 1 aromatic carbocycles. The van der Waals surface area contributed by atoms with Crippen LogP contribution in [-0.4, -0.2) is 50.6 Å². The Morgan fingerprint density at radius 2 is 1.85 bits per heavy atom. The van der Waals surface area contributed by atoms with Crippen molar-refractivity contribution in [1.82, 2.24) is 19.7 Å². The minimum Gasteiger partial charge on any atom is -0.347 e. The first-order chi connectivity index (χ1) is 12.4. The summed E-state index contributed by atoms with van der Waals surface area (Å²) in [4.78, 5) is 16.5. The molecule has 1 aliphatic heterocycles. The molecular weight excluding hydrogens is 359 g/mol. The summed E-state index contributed by atoms with van der Waals surface area (Å²) in [5, 5.41) is 0. The van der Waals surface area contributed by atoms with Crippen LogP contribution in [0.2, 0.25) is 0 Å². The van der Waals surface area contributed by atoms with Crippen LogP contribution in [0.4, 0.5) is 16.3 Å². The minimum atomic E-state index is -4.01.